The van der Waals surface area contributed by atoms with Gasteiger partial charge >= 0.3 is 0 Å². The van der Waals surface area contributed by atoms with E-state index in [-0.39, 0.29) is 11.8 Å². The molecular formula is C14H18ClNOS. The molecule has 0 aromatic heterocycles. The summed E-state index contributed by atoms with van der Waals surface area (Å²) < 4.78 is 0. The van der Waals surface area contributed by atoms with Crippen LogP contribution >= 0.6 is 23.4 Å². The topological polar surface area (TPSA) is 20.3 Å². The molecule has 2 nitrogen and oxygen atoms in total. The van der Waals surface area contributed by atoms with Crippen LogP contribution < -0.4 is 0 Å². The maximum absolute atomic E-state index is 12.4. The maximum atomic E-state index is 12.4. The van der Waals surface area contributed by atoms with Crippen LogP contribution in [0.5, 0.6) is 0 Å². The van der Waals surface area contributed by atoms with Gasteiger partial charge in [0.05, 0.1) is 6.04 Å². The van der Waals surface area contributed by atoms with Gasteiger partial charge in [0.2, 0.25) is 0 Å². The Morgan fingerprint density at radius 2 is 2.11 bits per heavy atom. The fraction of sp³-hybridized carbons (Fsp3) is 0.500. The normalized spacial score (nSPS) is 22.7. The summed E-state index contributed by atoms with van der Waals surface area (Å²) in [5, 5.41) is 0.668. The number of carbonyl (C=O) groups excluding carboxylic acids is 1. The Labute approximate surface area is 118 Å². The Kier molecular flexibility index (Phi) is 4.71. The van der Waals surface area contributed by atoms with Crippen molar-refractivity contribution in [2.24, 2.45) is 0 Å². The van der Waals surface area contributed by atoms with E-state index < -0.39 is 0 Å². The summed E-state index contributed by atoms with van der Waals surface area (Å²) in [5.74, 6) is 2.41. The number of rotatable bonds is 3. The van der Waals surface area contributed by atoms with Crippen LogP contribution in [-0.2, 0) is 0 Å². The Balaban J connectivity index is 2.10. The molecule has 0 radical (unpaired) electrons. The third-order valence-corrected chi connectivity index (χ3v) is 4.87. The Morgan fingerprint density at radius 1 is 1.44 bits per heavy atom. The molecule has 1 aliphatic heterocycles. The van der Waals surface area contributed by atoms with E-state index >= 15 is 0 Å². The van der Waals surface area contributed by atoms with Crippen molar-refractivity contribution in [1.82, 2.24) is 4.90 Å². The molecule has 2 unspecified atom stereocenters. The molecule has 1 aromatic rings. The number of hydrogen-bond acceptors (Lipinski definition) is 3. The zero-order valence-corrected chi connectivity index (χ0v) is 12.3. The van der Waals surface area contributed by atoms with Crippen LogP contribution in [-0.4, -0.2) is 40.8 Å². The maximum Gasteiger partial charge on any atom is 0.179 e. The molecule has 0 saturated carbocycles. The quantitative estimate of drug-likeness (QED) is 0.794. The third kappa shape index (κ3) is 3.08. The highest BCUT2D eigenvalue weighted by Crippen LogP contribution is 2.21. The molecule has 0 amide bonds. The van der Waals surface area contributed by atoms with E-state index in [9.17, 15) is 4.79 Å². The first-order valence-corrected chi connectivity index (χ1v) is 7.76. The molecule has 0 aliphatic carbocycles. The molecule has 18 heavy (non-hydrogen) atoms. The van der Waals surface area contributed by atoms with Gasteiger partial charge in [-0.2, -0.15) is 11.8 Å². The zero-order chi connectivity index (χ0) is 13.1. The highest BCUT2D eigenvalue weighted by Gasteiger charge is 2.28. The smallest absolute Gasteiger partial charge is 0.179 e. The Morgan fingerprint density at radius 3 is 2.72 bits per heavy atom. The first-order chi connectivity index (χ1) is 8.59. The van der Waals surface area contributed by atoms with Gasteiger partial charge in [-0.3, -0.25) is 9.69 Å². The molecule has 1 heterocycles. The zero-order valence-electron chi connectivity index (χ0n) is 10.7. The summed E-state index contributed by atoms with van der Waals surface area (Å²) in [6, 6.07) is 7.58. The second-order valence-corrected chi connectivity index (χ2v) is 6.30. The molecular weight excluding hydrogens is 266 g/mol. The lowest BCUT2D eigenvalue weighted by atomic mass is 10.0. The van der Waals surface area contributed by atoms with Crippen LogP contribution in [0.1, 0.15) is 24.2 Å². The van der Waals surface area contributed by atoms with Crippen LogP contribution in [0.15, 0.2) is 24.3 Å². The number of Topliss-reactive ketones (excluding diaryl/α,β-unsaturated/α-hetero) is 1. The average Bonchev–Trinajstić information content (AvgIpc) is 2.38. The van der Waals surface area contributed by atoms with Gasteiger partial charge in [-0.15, -0.1) is 0 Å². The van der Waals surface area contributed by atoms with Crippen molar-refractivity contribution in [2.75, 3.05) is 18.1 Å². The van der Waals surface area contributed by atoms with Crippen molar-refractivity contribution in [3.8, 4) is 0 Å². The van der Waals surface area contributed by atoms with Crippen molar-refractivity contribution in [2.45, 2.75) is 25.9 Å². The Bertz CT molecular complexity index is 420. The molecule has 1 saturated heterocycles. The molecule has 2 atom stereocenters. The summed E-state index contributed by atoms with van der Waals surface area (Å²) in [5.41, 5.74) is 0.748. The number of thioether (sulfide) groups is 1. The Hall–Kier alpha value is -0.510. The van der Waals surface area contributed by atoms with Crippen molar-refractivity contribution < 1.29 is 4.79 Å². The van der Waals surface area contributed by atoms with E-state index in [1.54, 1.807) is 12.1 Å². The highest BCUT2D eigenvalue weighted by molar-refractivity contribution is 7.99. The standard InChI is InChI=1S/C14H18ClNOS/c1-10-9-18-8-7-16(10)11(2)14(17)12-3-5-13(15)6-4-12/h3-6,10-11H,7-9H2,1-2H3. The van der Waals surface area contributed by atoms with E-state index in [1.807, 2.05) is 30.8 Å². The summed E-state index contributed by atoms with van der Waals surface area (Å²) >= 11 is 7.81. The largest absolute Gasteiger partial charge is 0.292 e. The minimum Gasteiger partial charge on any atom is -0.292 e. The van der Waals surface area contributed by atoms with Gasteiger partial charge in [0.1, 0.15) is 0 Å². The first kappa shape index (κ1) is 13.9. The minimum atomic E-state index is -0.0536. The van der Waals surface area contributed by atoms with Crippen LogP contribution in [0.2, 0.25) is 5.02 Å². The lowest BCUT2D eigenvalue weighted by Gasteiger charge is -2.36. The average molecular weight is 284 g/mol. The number of halogens is 1. The van der Waals surface area contributed by atoms with Crippen LogP contribution in [0.3, 0.4) is 0 Å². The molecule has 0 bridgehead atoms. The van der Waals surface area contributed by atoms with E-state index in [0.717, 1.165) is 23.6 Å². The fourth-order valence-corrected chi connectivity index (χ4v) is 3.49. The molecule has 0 N–H and O–H groups in total. The number of hydrogen-bond donors (Lipinski definition) is 0. The van der Waals surface area contributed by atoms with Gasteiger partial charge in [0.15, 0.2) is 5.78 Å². The van der Waals surface area contributed by atoms with Crippen molar-refractivity contribution in [3.63, 3.8) is 0 Å². The lowest BCUT2D eigenvalue weighted by molar-refractivity contribution is 0.0799. The molecule has 0 spiro atoms. The van der Waals surface area contributed by atoms with Crippen molar-refractivity contribution in [1.29, 1.82) is 0 Å². The summed E-state index contributed by atoms with van der Waals surface area (Å²) in [7, 11) is 0. The molecule has 1 aliphatic rings. The minimum absolute atomic E-state index is 0.0536. The predicted molar refractivity (Wildman–Crippen MR) is 78.7 cm³/mol. The van der Waals surface area contributed by atoms with Gasteiger partial charge in [0, 0.05) is 34.7 Å². The fourth-order valence-electron chi connectivity index (χ4n) is 2.32. The lowest BCUT2D eigenvalue weighted by Crippen LogP contribution is -2.49. The molecule has 98 valence electrons. The third-order valence-electron chi connectivity index (χ3n) is 3.42. The highest BCUT2D eigenvalue weighted by atomic mass is 35.5. The van der Waals surface area contributed by atoms with E-state index in [2.05, 4.69) is 11.8 Å². The first-order valence-electron chi connectivity index (χ1n) is 6.23. The van der Waals surface area contributed by atoms with E-state index in [0.29, 0.717) is 11.1 Å². The number of nitrogens with zero attached hydrogens (tertiary/aromatic N) is 1. The number of benzene rings is 1. The van der Waals surface area contributed by atoms with Gasteiger partial charge < -0.3 is 0 Å². The summed E-state index contributed by atoms with van der Waals surface area (Å²) in [6.45, 7) is 5.19. The van der Waals surface area contributed by atoms with E-state index in [1.165, 1.54) is 0 Å². The second kappa shape index (κ2) is 6.09. The van der Waals surface area contributed by atoms with Gasteiger partial charge in [-0.1, -0.05) is 11.6 Å². The van der Waals surface area contributed by atoms with Gasteiger partial charge in [0.25, 0.3) is 0 Å². The number of carbonyl (C=O) groups is 1. The monoisotopic (exact) mass is 283 g/mol. The second-order valence-electron chi connectivity index (χ2n) is 4.71. The molecule has 2 rings (SSSR count). The van der Waals surface area contributed by atoms with Crippen LogP contribution in [0.4, 0.5) is 0 Å². The summed E-state index contributed by atoms with van der Waals surface area (Å²) in [4.78, 5) is 14.7. The van der Waals surface area contributed by atoms with Crippen molar-refractivity contribution >= 4 is 29.1 Å². The summed E-state index contributed by atoms with van der Waals surface area (Å²) in [6.07, 6.45) is 0. The van der Waals surface area contributed by atoms with Crippen molar-refractivity contribution in [3.05, 3.63) is 34.9 Å². The van der Waals surface area contributed by atoms with Crippen LogP contribution in [0, 0.1) is 0 Å². The van der Waals surface area contributed by atoms with Gasteiger partial charge in [-0.25, -0.2) is 0 Å². The SMILES string of the molecule is CC1CSCCN1C(C)C(=O)c1ccc(Cl)cc1. The van der Waals surface area contributed by atoms with E-state index in [4.69, 9.17) is 11.6 Å². The molecule has 4 heteroatoms. The molecule has 1 fully saturated rings. The van der Waals surface area contributed by atoms with Gasteiger partial charge in [-0.05, 0) is 38.1 Å². The van der Waals surface area contributed by atoms with Crippen LogP contribution in [0.25, 0.3) is 0 Å². The molecule has 1 aromatic carbocycles. The predicted octanol–water partition coefficient (Wildman–Crippen LogP) is 3.35. The number of ketones is 1.